The first kappa shape index (κ1) is 19.6. The second-order valence-corrected chi connectivity index (χ2v) is 7.18. The summed E-state index contributed by atoms with van der Waals surface area (Å²) in [6, 6.07) is 9.91. The third-order valence-corrected chi connectivity index (χ3v) is 4.90. The zero-order valence-corrected chi connectivity index (χ0v) is 15.2. The first-order valence-corrected chi connectivity index (χ1v) is 9.25. The fourth-order valence-electron chi connectivity index (χ4n) is 2.58. The molecule has 1 fully saturated rings. The van der Waals surface area contributed by atoms with Crippen molar-refractivity contribution in [2.24, 2.45) is 0 Å². The summed E-state index contributed by atoms with van der Waals surface area (Å²) < 4.78 is 45.7. The molecule has 0 aliphatic carbocycles. The number of aromatic nitrogens is 2. The van der Waals surface area contributed by atoms with Crippen LogP contribution in [0.1, 0.15) is 12.6 Å². The average molecular weight is 401 g/mol. The molecule has 11 heteroatoms. The average Bonchev–Trinajstić information content (AvgIpc) is 2.94. The van der Waals surface area contributed by atoms with Crippen LogP contribution >= 0.6 is 8.53 Å². The maximum Gasteiger partial charge on any atom is 0.330 e. The number of ether oxygens (including phenoxy) is 1. The summed E-state index contributed by atoms with van der Waals surface area (Å²) in [5.41, 5.74) is -1.63. The summed E-state index contributed by atoms with van der Waals surface area (Å²) in [5, 5.41) is 2.84. The van der Waals surface area contributed by atoms with Gasteiger partial charge in [-0.2, -0.15) is 0 Å². The molecule has 27 heavy (non-hydrogen) atoms. The molecule has 3 atom stereocenters. The molecule has 2 aromatic rings. The van der Waals surface area contributed by atoms with Crippen LogP contribution in [0.4, 0.5) is 8.78 Å². The van der Waals surface area contributed by atoms with Crippen LogP contribution in [0.5, 0.6) is 5.75 Å². The van der Waals surface area contributed by atoms with Gasteiger partial charge in [0, 0.05) is 18.7 Å². The van der Waals surface area contributed by atoms with Gasteiger partial charge in [-0.25, -0.2) is 18.7 Å². The zero-order chi connectivity index (χ0) is 19.4. The fourth-order valence-corrected chi connectivity index (χ4v) is 3.47. The predicted molar refractivity (Wildman–Crippen MR) is 93.8 cm³/mol. The van der Waals surface area contributed by atoms with E-state index in [0.717, 1.165) is 12.3 Å². The minimum absolute atomic E-state index is 0.149. The lowest BCUT2D eigenvalue weighted by molar-refractivity contribution is -0.119. The Labute approximate surface area is 154 Å². The summed E-state index contributed by atoms with van der Waals surface area (Å²) in [4.78, 5) is 24.8. The molecule has 8 nitrogen and oxygen atoms in total. The summed E-state index contributed by atoms with van der Waals surface area (Å²) in [7, 11) is 0.0747. The number of nitrogens with one attached hydrogen (secondary N) is 2. The van der Waals surface area contributed by atoms with Gasteiger partial charge in [0.15, 0.2) is 0 Å². The van der Waals surface area contributed by atoms with E-state index in [1.54, 1.807) is 31.3 Å². The van der Waals surface area contributed by atoms with E-state index < -0.39 is 44.5 Å². The van der Waals surface area contributed by atoms with E-state index in [2.05, 4.69) is 5.09 Å². The van der Waals surface area contributed by atoms with Crippen LogP contribution in [0.25, 0.3) is 0 Å². The number of hydrogen-bond acceptors (Lipinski definition) is 6. The van der Waals surface area contributed by atoms with Gasteiger partial charge in [0.25, 0.3) is 11.5 Å². The lowest BCUT2D eigenvalue weighted by Crippen LogP contribution is -2.37. The highest BCUT2D eigenvalue weighted by molar-refractivity contribution is 7.45. The van der Waals surface area contributed by atoms with Crippen molar-refractivity contribution < 1.29 is 22.6 Å². The molecule has 1 aliphatic rings. The van der Waals surface area contributed by atoms with E-state index in [-0.39, 0.29) is 6.61 Å². The van der Waals surface area contributed by atoms with E-state index in [4.69, 9.17) is 13.8 Å². The Kier molecular flexibility index (Phi) is 6.01. The molecule has 1 aromatic heterocycles. The Balaban J connectivity index is 1.63. The molecular weight excluding hydrogens is 383 g/mol. The maximum absolute atomic E-state index is 14.3. The van der Waals surface area contributed by atoms with E-state index in [1.807, 2.05) is 11.1 Å². The van der Waals surface area contributed by atoms with Crippen molar-refractivity contribution in [2.45, 2.75) is 24.7 Å². The van der Waals surface area contributed by atoms with Crippen LogP contribution in [-0.4, -0.2) is 35.2 Å². The molecule has 1 aliphatic heterocycles. The minimum atomic E-state index is -3.29. The van der Waals surface area contributed by atoms with Crippen molar-refractivity contribution >= 4 is 8.53 Å². The fraction of sp³-hybridized carbons (Fsp3) is 0.375. The van der Waals surface area contributed by atoms with Crippen molar-refractivity contribution in [1.82, 2.24) is 14.6 Å². The lowest BCUT2D eigenvalue weighted by Gasteiger charge is -2.20. The summed E-state index contributed by atoms with van der Waals surface area (Å²) in [6.07, 6.45) is -2.39. The highest BCUT2D eigenvalue weighted by Crippen LogP contribution is 2.43. The zero-order valence-electron chi connectivity index (χ0n) is 14.3. The van der Waals surface area contributed by atoms with Gasteiger partial charge >= 0.3 is 14.2 Å². The predicted octanol–water partition coefficient (Wildman–Crippen LogP) is 2.00. The third-order valence-electron chi connectivity index (χ3n) is 3.78. The standard InChI is InChI=1S/C16H18F2N3O5P/c1-19-27(26-11-5-3-2-4-6-11)24-10-12-9-16(17,18)14(25-12)21-8-7-13(22)20-15(21)23/h2-8,12,14,19H,9-10H2,1H3,(H,20,22,23)/t12-,14+,27?/m0/s1. The summed E-state index contributed by atoms with van der Waals surface area (Å²) in [5.74, 6) is -2.72. The third kappa shape index (κ3) is 4.78. The van der Waals surface area contributed by atoms with E-state index in [1.165, 1.54) is 0 Å². The molecule has 1 aromatic carbocycles. The number of alkyl halides is 2. The Morgan fingerprint density at radius 3 is 2.74 bits per heavy atom. The van der Waals surface area contributed by atoms with Crippen LogP contribution in [0.2, 0.25) is 0 Å². The molecule has 3 rings (SSSR count). The monoisotopic (exact) mass is 401 g/mol. The van der Waals surface area contributed by atoms with Crippen molar-refractivity contribution in [3.05, 3.63) is 63.4 Å². The molecule has 0 radical (unpaired) electrons. The number of H-pyrrole nitrogens is 1. The summed E-state index contributed by atoms with van der Waals surface area (Å²) >= 11 is 0. The largest absolute Gasteiger partial charge is 0.436 e. The molecule has 1 saturated heterocycles. The van der Waals surface area contributed by atoms with Crippen LogP contribution in [0.15, 0.2) is 52.2 Å². The molecule has 146 valence electrons. The molecular formula is C16H18F2N3O5P. The number of nitrogens with zero attached hydrogens (tertiary/aromatic N) is 1. The Morgan fingerprint density at radius 2 is 2.07 bits per heavy atom. The number of para-hydroxylation sites is 1. The molecule has 2 N–H and O–H groups in total. The highest BCUT2D eigenvalue weighted by Gasteiger charge is 2.52. The molecule has 1 unspecified atom stereocenters. The SMILES string of the molecule is CNP(OC[C@@H]1CC(F)(F)[C@H](n2ccc(=O)[nH]c2=O)O1)Oc1ccccc1. The Hall–Kier alpha value is -2.13. The van der Waals surface area contributed by atoms with Gasteiger partial charge in [-0.3, -0.25) is 14.3 Å². The molecule has 0 spiro atoms. The van der Waals surface area contributed by atoms with Gasteiger partial charge in [-0.1, -0.05) is 18.2 Å². The first-order valence-electron chi connectivity index (χ1n) is 8.07. The van der Waals surface area contributed by atoms with Gasteiger partial charge in [0.1, 0.15) is 5.75 Å². The number of halogens is 2. The van der Waals surface area contributed by atoms with Crippen molar-refractivity contribution in [3.8, 4) is 5.75 Å². The quantitative estimate of drug-likeness (QED) is 0.690. The Morgan fingerprint density at radius 1 is 1.33 bits per heavy atom. The van der Waals surface area contributed by atoms with Gasteiger partial charge in [0.05, 0.1) is 12.7 Å². The van der Waals surface area contributed by atoms with Crippen molar-refractivity contribution in [2.75, 3.05) is 13.7 Å². The van der Waals surface area contributed by atoms with Crippen LogP contribution in [-0.2, 0) is 9.26 Å². The van der Waals surface area contributed by atoms with Gasteiger partial charge in [-0.15, -0.1) is 0 Å². The number of aromatic amines is 1. The number of hydrogen-bond donors (Lipinski definition) is 2. The number of benzene rings is 1. The smallest absolute Gasteiger partial charge is 0.330 e. The second-order valence-electron chi connectivity index (χ2n) is 5.77. The highest BCUT2D eigenvalue weighted by atomic mass is 31.2. The first-order chi connectivity index (χ1) is 12.9. The minimum Gasteiger partial charge on any atom is -0.436 e. The van der Waals surface area contributed by atoms with E-state index in [9.17, 15) is 18.4 Å². The molecule has 0 amide bonds. The second kappa shape index (κ2) is 8.26. The van der Waals surface area contributed by atoms with Crippen LogP contribution < -0.4 is 20.9 Å². The van der Waals surface area contributed by atoms with Crippen molar-refractivity contribution in [1.29, 1.82) is 0 Å². The number of rotatable bonds is 7. The van der Waals surface area contributed by atoms with Crippen LogP contribution in [0.3, 0.4) is 0 Å². The molecule has 2 heterocycles. The molecule has 0 saturated carbocycles. The van der Waals surface area contributed by atoms with Gasteiger partial charge < -0.3 is 13.8 Å². The molecule has 0 bridgehead atoms. The maximum atomic E-state index is 14.3. The van der Waals surface area contributed by atoms with E-state index in [0.29, 0.717) is 10.3 Å². The normalized spacial score (nSPS) is 22.5. The Bertz CT molecular complexity index is 876. The van der Waals surface area contributed by atoms with Crippen LogP contribution in [0, 0.1) is 0 Å². The van der Waals surface area contributed by atoms with Crippen molar-refractivity contribution in [3.63, 3.8) is 0 Å². The van der Waals surface area contributed by atoms with E-state index >= 15 is 0 Å². The van der Waals surface area contributed by atoms with Gasteiger partial charge in [0.2, 0.25) is 6.23 Å². The summed E-state index contributed by atoms with van der Waals surface area (Å²) in [6.45, 7) is -0.149. The topological polar surface area (TPSA) is 94.6 Å². The lowest BCUT2D eigenvalue weighted by atomic mass is 10.2. The van der Waals surface area contributed by atoms with Gasteiger partial charge in [-0.05, 0) is 19.2 Å².